The average Bonchev–Trinajstić information content (AvgIpc) is 2.25. The number of nitriles is 1. The molecule has 0 aromatic heterocycles. The Balaban J connectivity index is 2.09. The minimum atomic E-state index is -0.572. The van der Waals surface area contributed by atoms with E-state index in [1.54, 1.807) is 18.2 Å². The summed E-state index contributed by atoms with van der Waals surface area (Å²) in [6, 6.07) is 8.81. The van der Waals surface area contributed by atoms with Crippen molar-refractivity contribution in [3.8, 4) is 6.07 Å². The van der Waals surface area contributed by atoms with E-state index in [1.165, 1.54) is 6.07 Å². The van der Waals surface area contributed by atoms with Crippen molar-refractivity contribution in [3.63, 3.8) is 0 Å². The third kappa shape index (κ3) is 2.26. The SMILES string of the molecule is CC(C)C1CC(C#N)(Nc2ccccc2F)C1. The van der Waals surface area contributed by atoms with Crippen molar-refractivity contribution in [1.82, 2.24) is 0 Å². The van der Waals surface area contributed by atoms with Gasteiger partial charge in [-0.05, 0) is 36.8 Å². The fourth-order valence-corrected chi connectivity index (χ4v) is 2.35. The fourth-order valence-electron chi connectivity index (χ4n) is 2.35. The highest BCUT2D eigenvalue weighted by atomic mass is 19.1. The van der Waals surface area contributed by atoms with Crippen molar-refractivity contribution in [2.75, 3.05) is 5.32 Å². The molecule has 0 unspecified atom stereocenters. The van der Waals surface area contributed by atoms with Gasteiger partial charge in [0.15, 0.2) is 0 Å². The molecule has 2 nitrogen and oxygen atoms in total. The lowest BCUT2D eigenvalue weighted by atomic mass is 9.64. The van der Waals surface area contributed by atoms with E-state index in [-0.39, 0.29) is 5.82 Å². The van der Waals surface area contributed by atoms with E-state index in [2.05, 4.69) is 25.2 Å². The largest absolute Gasteiger partial charge is 0.365 e. The maximum atomic E-state index is 13.5. The maximum absolute atomic E-state index is 13.5. The molecule has 1 N–H and O–H groups in total. The molecule has 0 heterocycles. The van der Waals surface area contributed by atoms with Crippen molar-refractivity contribution in [3.05, 3.63) is 30.1 Å². The highest BCUT2D eigenvalue weighted by Gasteiger charge is 2.46. The Labute approximate surface area is 101 Å². The van der Waals surface area contributed by atoms with Gasteiger partial charge >= 0.3 is 0 Å². The lowest BCUT2D eigenvalue weighted by Crippen LogP contribution is -2.50. The molecule has 0 atom stereocenters. The predicted molar refractivity (Wildman–Crippen MR) is 65.9 cm³/mol. The molecule has 0 amide bonds. The fraction of sp³-hybridized carbons (Fsp3) is 0.500. The number of benzene rings is 1. The second-order valence-corrected chi connectivity index (χ2v) is 5.21. The third-order valence-corrected chi connectivity index (χ3v) is 3.63. The van der Waals surface area contributed by atoms with E-state index in [0.29, 0.717) is 17.5 Å². The van der Waals surface area contributed by atoms with Crippen LogP contribution in [0.5, 0.6) is 0 Å². The molecule has 0 spiro atoms. The topological polar surface area (TPSA) is 35.8 Å². The zero-order valence-electron chi connectivity index (χ0n) is 10.2. The van der Waals surface area contributed by atoms with Crippen LogP contribution >= 0.6 is 0 Å². The average molecular weight is 232 g/mol. The maximum Gasteiger partial charge on any atom is 0.146 e. The molecule has 17 heavy (non-hydrogen) atoms. The third-order valence-electron chi connectivity index (χ3n) is 3.63. The minimum Gasteiger partial charge on any atom is -0.365 e. The first-order valence-corrected chi connectivity index (χ1v) is 6.00. The van der Waals surface area contributed by atoms with Gasteiger partial charge in [-0.2, -0.15) is 5.26 Å². The molecule has 2 rings (SSSR count). The Kier molecular flexibility index (Phi) is 3.06. The number of anilines is 1. The molecule has 0 radical (unpaired) electrons. The Morgan fingerprint density at radius 1 is 1.41 bits per heavy atom. The van der Waals surface area contributed by atoms with Crippen molar-refractivity contribution in [2.24, 2.45) is 11.8 Å². The van der Waals surface area contributed by atoms with E-state index >= 15 is 0 Å². The van der Waals surface area contributed by atoms with Crippen LogP contribution < -0.4 is 5.32 Å². The van der Waals surface area contributed by atoms with Gasteiger partial charge in [0, 0.05) is 0 Å². The zero-order valence-corrected chi connectivity index (χ0v) is 10.2. The van der Waals surface area contributed by atoms with Crippen molar-refractivity contribution < 1.29 is 4.39 Å². The highest BCUT2D eigenvalue weighted by molar-refractivity contribution is 5.50. The van der Waals surface area contributed by atoms with Crippen LogP contribution in [0.3, 0.4) is 0 Å². The molecular formula is C14H17FN2. The Morgan fingerprint density at radius 2 is 2.06 bits per heavy atom. The molecule has 1 aromatic rings. The van der Waals surface area contributed by atoms with Gasteiger partial charge in [0.2, 0.25) is 0 Å². The molecular weight excluding hydrogens is 215 g/mol. The smallest absolute Gasteiger partial charge is 0.146 e. The summed E-state index contributed by atoms with van der Waals surface area (Å²) in [6.45, 7) is 4.32. The monoisotopic (exact) mass is 232 g/mol. The van der Waals surface area contributed by atoms with Gasteiger partial charge in [0.25, 0.3) is 0 Å². The second-order valence-electron chi connectivity index (χ2n) is 5.21. The summed E-state index contributed by atoms with van der Waals surface area (Å²) in [5.74, 6) is 0.850. The van der Waals surface area contributed by atoms with E-state index < -0.39 is 5.54 Å². The van der Waals surface area contributed by atoms with Gasteiger partial charge in [-0.25, -0.2) is 4.39 Å². The molecule has 3 heteroatoms. The number of nitrogens with one attached hydrogen (secondary N) is 1. The Morgan fingerprint density at radius 3 is 2.59 bits per heavy atom. The van der Waals surface area contributed by atoms with Gasteiger partial charge in [0.1, 0.15) is 11.4 Å². The normalized spacial score (nSPS) is 27.4. The summed E-state index contributed by atoms with van der Waals surface area (Å²) < 4.78 is 13.5. The summed E-state index contributed by atoms with van der Waals surface area (Å²) >= 11 is 0. The van der Waals surface area contributed by atoms with Crippen LogP contribution in [-0.2, 0) is 0 Å². The lowest BCUT2D eigenvalue weighted by Gasteiger charge is -2.45. The van der Waals surface area contributed by atoms with E-state index in [9.17, 15) is 9.65 Å². The highest BCUT2D eigenvalue weighted by Crippen LogP contribution is 2.44. The predicted octanol–water partition coefficient (Wildman–Crippen LogP) is 3.57. The Hall–Kier alpha value is -1.56. The molecule has 1 fully saturated rings. The molecule has 0 aliphatic heterocycles. The first kappa shape index (κ1) is 11.9. The van der Waals surface area contributed by atoms with Gasteiger partial charge in [0.05, 0.1) is 11.8 Å². The number of nitrogens with zero attached hydrogens (tertiary/aromatic N) is 1. The van der Waals surface area contributed by atoms with Gasteiger partial charge in [-0.15, -0.1) is 0 Å². The first-order valence-electron chi connectivity index (χ1n) is 6.00. The molecule has 1 saturated carbocycles. The Bertz CT molecular complexity index is 442. The summed E-state index contributed by atoms with van der Waals surface area (Å²) in [4.78, 5) is 0. The summed E-state index contributed by atoms with van der Waals surface area (Å²) in [7, 11) is 0. The molecule has 90 valence electrons. The molecule has 0 bridgehead atoms. The number of hydrogen-bond donors (Lipinski definition) is 1. The van der Waals surface area contributed by atoms with Crippen LogP contribution in [0.25, 0.3) is 0 Å². The first-order chi connectivity index (χ1) is 8.06. The van der Waals surface area contributed by atoms with Crippen LogP contribution in [0.4, 0.5) is 10.1 Å². The van der Waals surface area contributed by atoms with Crippen LogP contribution in [0, 0.1) is 29.0 Å². The molecule has 1 aliphatic carbocycles. The van der Waals surface area contributed by atoms with Crippen LogP contribution in [-0.4, -0.2) is 5.54 Å². The number of halogens is 1. The molecule has 0 saturated heterocycles. The minimum absolute atomic E-state index is 0.296. The quantitative estimate of drug-likeness (QED) is 0.864. The van der Waals surface area contributed by atoms with Gasteiger partial charge in [-0.3, -0.25) is 0 Å². The van der Waals surface area contributed by atoms with Gasteiger partial charge in [-0.1, -0.05) is 26.0 Å². The summed E-state index contributed by atoms with van der Waals surface area (Å²) in [5, 5.41) is 12.3. The zero-order chi connectivity index (χ0) is 12.5. The summed E-state index contributed by atoms with van der Waals surface area (Å²) in [6.07, 6.45) is 1.60. The van der Waals surface area contributed by atoms with E-state index in [4.69, 9.17) is 0 Å². The number of hydrogen-bond acceptors (Lipinski definition) is 2. The molecule has 1 aliphatic rings. The van der Waals surface area contributed by atoms with E-state index in [0.717, 1.165) is 12.8 Å². The van der Waals surface area contributed by atoms with Crippen LogP contribution in [0.2, 0.25) is 0 Å². The van der Waals surface area contributed by atoms with Crippen molar-refractivity contribution >= 4 is 5.69 Å². The van der Waals surface area contributed by atoms with Crippen molar-refractivity contribution in [2.45, 2.75) is 32.2 Å². The number of rotatable bonds is 3. The van der Waals surface area contributed by atoms with Crippen molar-refractivity contribution in [1.29, 1.82) is 5.26 Å². The molecule has 1 aromatic carbocycles. The van der Waals surface area contributed by atoms with Gasteiger partial charge < -0.3 is 5.32 Å². The van der Waals surface area contributed by atoms with E-state index in [1.807, 2.05) is 0 Å². The lowest BCUT2D eigenvalue weighted by molar-refractivity contribution is 0.165. The second kappa shape index (κ2) is 4.37. The standard InChI is InChI=1S/C14H17FN2/c1-10(2)11-7-14(8-11,9-16)17-13-6-4-3-5-12(13)15/h3-6,10-11,17H,7-8H2,1-2H3. The van der Waals surface area contributed by atoms with Crippen LogP contribution in [0.1, 0.15) is 26.7 Å². The van der Waals surface area contributed by atoms with Crippen LogP contribution in [0.15, 0.2) is 24.3 Å². The summed E-state index contributed by atoms with van der Waals surface area (Å²) in [5.41, 5.74) is -0.145. The number of para-hydroxylation sites is 1.